The van der Waals surface area contributed by atoms with Crippen LogP contribution >= 0.6 is 0 Å². The van der Waals surface area contributed by atoms with Crippen LogP contribution in [-0.2, 0) is 29.5 Å². The van der Waals surface area contributed by atoms with Gasteiger partial charge in [0.1, 0.15) is 0 Å². The van der Waals surface area contributed by atoms with Crippen molar-refractivity contribution in [1.82, 2.24) is 14.3 Å². The van der Waals surface area contributed by atoms with Crippen molar-refractivity contribution in [3.63, 3.8) is 0 Å². The van der Waals surface area contributed by atoms with Crippen molar-refractivity contribution in [3.05, 3.63) is 83.9 Å². The lowest BCUT2D eigenvalue weighted by Gasteiger charge is -2.31. The van der Waals surface area contributed by atoms with Gasteiger partial charge in [0.2, 0.25) is 10.0 Å². The molecule has 7 heteroatoms. The summed E-state index contributed by atoms with van der Waals surface area (Å²) in [4.78, 5) is 9.53. The topological polar surface area (TPSA) is 69.3 Å². The molecule has 2 heterocycles. The van der Waals surface area contributed by atoms with Gasteiger partial charge in [-0.2, -0.15) is 4.31 Å². The van der Waals surface area contributed by atoms with E-state index in [4.69, 9.17) is 0 Å². The number of anilines is 1. The zero-order chi connectivity index (χ0) is 19.6. The average Bonchev–Trinajstić information content (AvgIpc) is 3.13. The Kier molecular flexibility index (Phi) is 5.19. The molecule has 2 aromatic carbocycles. The first-order valence-electron chi connectivity index (χ1n) is 9.31. The lowest BCUT2D eigenvalue weighted by Crippen LogP contribution is -2.45. The maximum absolute atomic E-state index is 12.7. The third-order valence-electron chi connectivity index (χ3n) is 5.15. The molecule has 1 aliphatic heterocycles. The van der Waals surface area contributed by atoms with Crippen LogP contribution in [0.5, 0.6) is 0 Å². The summed E-state index contributed by atoms with van der Waals surface area (Å²) in [6.07, 6.45) is 5.46. The quantitative estimate of drug-likeness (QED) is 0.720. The minimum atomic E-state index is -3.36. The zero-order valence-electron chi connectivity index (χ0n) is 15.8. The van der Waals surface area contributed by atoms with Gasteiger partial charge in [-0.25, -0.2) is 13.4 Å². The molecule has 0 saturated heterocycles. The summed E-state index contributed by atoms with van der Waals surface area (Å²) < 4.78 is 27.0. The fourth-order valence-corrected chi connectivity index (χ4v) is 4.92. The molecule has 0 spiro atoms. The van der Waals surface area contributed by atoms with Crippen molar-refractivity contribution in [2.75, 3.05) is 17.7 Å². The maximum atomic E-state index is 12.7. The fourth-order valence-electron chi connectivity index (χ4n) is 3.86. The number of fused-ring (bicyclic) bond motifs is 1. The maximum Gasteiger partial charge on any atom is 0.211 e. The molecule has 0 bridgehead atoms. The molecule has 1 N–H and O–H groups in total. The fraction of sp³-hybridized carbons (Fsp3) is 0.286. The highest BCUT2D eigenvalue weighted by molar-refractivity contribution is 7.88. The molecule has 0 saturated carbocycles. The summed E-state index contributed by atoms with van der Waals surface area (Å²) in [7, 11) is -3.36. The van der Waals surface area contributed by atoms with Gasteiger partial charge in [-0.3, -0.25) is 0 Å². The van der Waals surface area contributed by atoms with Crippen molar-refractivity contribution in [2.45, 2.75) is 25.6 Å². The minimum Gasteiger partial charge on any atom is -0.364 e. The van der Waals surface area contributed by atoms with Crippen molar-refractivity contribution in [1.29, 1.82) is 0 Å². The van der Waals surface area contributed by atoms with Crippen LogP contribution in [0.4, 0.5) is 5.69 Å². The number of sulfonamides is 1. The van der Waals surface area contributed by atoms with E-state index in [0.717, 1.165) is 22.5 Å². The SMILES string of the molecule is CS(=O)(=O)N1Cc2ccccc2N(Cc2cnc[nH]2)C[C@H]1Cc1ccccc1. The third-order valence-corrected chi connectivity index (χ3v) is 6.43. The highest BCUT2D eigenvalue weighted by Gasteiger charge is 2.33. The Balaban J connectivity index is 1.73. The van der Waals surface area contributed by atoms with Gasteiger partial charge in [-0.15, -0.1) is 0 Å². The van der Waals surface area contributed by atoms with Crippen LogP contribution in [0.25, 0.3) is 0 Å². The largest absolute Gasteiger partial charge is 0.364 e. The lowest BCUT2D eigenvalue weighted by atomic mass is 10.1. The Bertz CT molecular complexity index is 1020. The third kappa shape index (κ3) is 4.10. The normalized spacial score (nSPS) is 17.9. The number of hydrogen-bond donors (Lipinski definition) is 1. The number of aromatic nitrogens is 2. The lowest BCUT2D eigenvalue weighted by molar-refractivity contribution is 0.320. The molecule has 0 radical (unpaired) electrons. The smallest absolute Gasteiger partial charge is 0.211 e. The van der Waals surface area contributed by atoms with E-state index in [1.807, 2.05) is 42.6 Å². The second-order valence-corrected chi connectivity index (χ2v) is 9.17. The van der Waals surface area contributed by atoms with Crippen LogP contribution in [-0.4, -0.2) is 41.5 Å². The molecule has 0 aliphatic carbocycles. The van der Waals surface area contributed by atoms with E-state index in [1.165, 1.54) is 6.26 Å². The van der Waals surface area contributed by atoms with Gasteiger partial charge < -0.3 is 9.88 Å². The molecule has 0 unspecified atom stereocenters. The Morgan fingerprint density at radius 1 is 1.11 bits per heavy atom. The van der Waals surface area contributed by atoms with E-state index >= 15 is 0 Å². The molecule has 0 fully saturated rings. The molecule has 0 amide bonds. The van der Waals surface area contributed by atoms with Gasteiger partial charge in [-0.1, -0.05) is 48.5 Å². The number of H-pyrrole nitrogens is 1. The number of hydrogen-bond acceptors (Lipinski definition) is 4. The Morgan fingerprint density at radius 2 is 1.86 bits per heavy atom. The van der Waals surface area contributed by atoms with Crippen LogP contribution in [0, 0.1) is 0 Å². The van der Waals surface area contributed by atoms with Crippen LogP contribution in [0.15, 0.2) is 67.1 Å². The van der Waals surface area contributed by atoms with Crippen LogP contribution in [0.3, 0.4) is 0 Å². The summed E-state index contributed by atoms with van der Waals surface area (Å²) in [5.41, 5.74) is 4.22. The first kappa shape index (κ1) is 18.7. The number of benzene rings is 2. The van der Waals surface area contributed by atoms with Gasteiger partial charge in [0.25, 0.3) is 0 Å². The van der Waals surface area contributed by atoms with E-state index in [-0.39, 0.29) is 6.04 Å². The second-order valence-electron chi connectivity index (χ2n) is 7.24. The van der Waals surface area contributed by atoms with E-state index in [9.17, 15) is 8.42 Å². The number of nitrogens with one attached hydrogen (secondary N) is 1. The number of nitrogens with zero attached hydrogens (tertiary/aromatic N) is 3. The summed E-state index contributed by atoms with van der Waals surface area (Å²) in [5.74, 6) is 0. The van der Waals surface area contributed by atoms with Crippen LogP contribution < -0.4 is 4.90 Å². The molecular formula is C21H24N4O2S. The Labute approximate surface area is 165 Å². The molecule has 4 rings (SSSR count). The average molecular weight is 397 g/mol. The molecule has 6 nitrogen and oxygen atoms in total. The molecule has 28 heavy (non-hydrogen) atoms. The molecule has 3 aromatic rings. The minimum absolute atomic E-state index is 0.160. The summed E-state index contributed by atoms with van der Waals surface area (Å²) in [6.45, 7) is 1.64. The van der Waals surface area contributed by atoms with Crippen LogP contribution in [0.1, 0.15) is 16.8 Å². The van der Waals surface area contributed by atoms with Crippen molar-refractivity contribution >= 4 is 15.7 Å². The summed E-state index contributed by atoms with van der Waals surface area (Å²) in [5, 5.41) is 0. The molecule has 146 valence electrons. The van der Waals surface area contributed by atoms with Gasteiger partial charge in [-0.05, 0) is 23.6 Å². The Hall–Kier alpha value is -2.64. The molecule has 1 aliphatic rings. The highest BCUT2D eigenvalue weighted by Crippen LogP contribution is 2.30. The number of imidazole rings is 1. The van der Waals surface area contributed by atoms with Gasteiger partial charge in [0.05, 0.1) is 24.8 Å². The second kappa shape index (κ2) is 7.77. The number of rotatable bonds is 5. The van der Waals surface area contributed by atoms with E-state index in [0.29, 0.717) is 26.1 Å². The van der Waals surface area contributed by atoms with Crippen molar-refractivity contribution in [3.8, 4) is 0 Å². The van der Waals surface area contributed by atoms with E-state index in [1.54, 1.807) is 10.6 Å². The monoisotopic (exact) mass is 396 g/mol. The number of para-hydroxylation sites is 1. The predicted octanol–water partition coefficient (Wildman–Crippen LogP) is 2.80. The van der Waals surface area contributed by atoms with Crippen molar-refractivity contribution < 1.29 is 8.42 Å². The molecular weight excluding hydrogens is 372 g/mol. The van der Waals surface area contributed by atoms with Gasteiger partial charge >= 0.3 is 0 Å². The molecule has 1 aromatic heterocycles. The Morgan fingerprint density at radius 3 is 2.57 bits per heavy atom. The summed E-state index contributed by atoms with van der Waals surface area (Å²) >= 11 is 0. The molecule has 1 atom stereocenters. The first-order valence-corrected chi connectivity index (χ1v) is 11.2. The van der Waals surface area contributed by atoms with Gasteiger partial charge in [0, 0.05) is 31.0 Å². The van der Waals surface area contributed by atoms with E-state index in [2.05, 4.69) is 33.1 Å². The van der Waals surface area contributed by atoms with Crippen LogP contribution in [0.2, 0.25) is 0 Å². The number of aromatic amines is 1. The van der Waals surface area contributed by atoms with Crippen molar-refractivity contribution in [2.24, 2.45) is 0 Å². The standard InChI is InChI=1S/C21H24N4O2S/c1-28(26,27)25-13-18-9-5-6-10-21(18)24(14-19-12-22-16-23-19)15-20(25)11-17-7-3-2-4-8-17/h2-10,12,16,20H,11,13-15H2,1H3,(H,22,23)/t20-/m1/s1. The highest BCUT2D eigenvalue weighted by atomic mass is 32.2. The first-order chi connectivity index (χ1) is 13.5. The van der Waals surface area contributed by atoms with Gasteiger partial charge in [0.15, 0.2) is 0 Å². The zero-order valence-corrected chi connectivity index (χ0v) is 16.6. The predicted molar refractivity (Wildman–Crippen MR) is 110 cm³/mol. The summed E-state index contributed by atoms with van der Waals surface area (Å²) in [6, 6.07) is 18.0. The van der Waals surface area contributed by atoms with E-state index < -0.39 is 10.0 Å².